The number of methoxy groups -OCH3 is 2. The molecule has 1 heterocycles. The molecule has 0 unspecified atom stereocenters. The monoisotopic (exact) mass is 328 g/mol. The molecule has 1 aromatic rings. The van der Waals surface area contributed by atoms with E-state index in [1.807, 2.05) is 0 Å². The Hall–Kier alpha value is -1.27. The SMILES string of the molecule is COC(=O)c1cc(CCCO[Si](C)(C)C(C)(C)C)oc1OC. The molecule has 1 rings (SSSR count). The molecule has 0 radical (unpaired) electrons. The summed E-state index contributed by atoms with van der Waals surface area (Å²) in [5.41, 5.74) is 0.324. The average Bonchev–Trinajstić information content (AvgIpc) is 2.84. The van der Waals surface area contributed by atoms with Gasteiger partial charge in [-0.3, -0.25) is 0 Å². The van der Waals surface area contributed by atoms with E-state index < -0.39 is 14.3 Å². The molecule has 0 aliphatic carbocycles. The van der Waals surface area contributed by atoms with Crippen molar-refractivity contribution in [2.75, 3.05) is 20.8 Å². The van der Waals surface area contributed by atoms with Gasteiger partial charge in [-0.25, -0.2) is 4.79 Å². The van der Waals surface area contributed by atoms with Crippen LogP contribution in [0.2, 0.25) is 18.1 Å². The van der Waals surface area contributed by atoms with E-state index in [1.54, 1.807) is 6.07 Å². The molecule has 0 fully saturated rings. The fourth-order valence-electron chi connectivity index (χ4n) is 1.74. The van der Waals surface area contributed by atoms with Crippen molar-refractivity contribution in [3.05, 3.63) is 17.4 Å². The van der Waals surface area contributed by atoms with E-state index >= 15 is 0 Å². The number of ether oxygens (including phenoxy) is 2. The van der Waals surface area contributed by atoms with E-state index in [9.17, 15) is 4.79 Å². The zero-order chi connectivity index (χ0) is 17.0. The van der Waals surface area contributed by atoms with Crippen molar-refractivity contribution < 1.29 is 23.1 Å². The lowest BCUT2D eigenvalue weighted by Gasteiger charge is -2.36. The van der Waals surface area contributed by atoms with Gasteiger partial charge >= 0.3 is 5.97 Å². The van der Waals surface area contributed by atoms with Crippen LogP contribution >= 0.6 is 0 Å². The second kappa shape index (κ2) is 7.33. The van der Waals surface area contributed by atoms with Gasteiger partial charge in [-0.1, -0.05) is 20.8 Å². The van der Waals surface area contributed by atoms with Crippen molar-refractivity contribution in [3.63, 3.8) is 0 Å². The molecule has 0 N–H and O–H groups in total. The highest BCUT2D eigenvalue weighted by molar-refractivity contribution is 6.74. The van der Waals surface area contributed by atoms with Crippen LogP contribution in [0.3, 0.4) is 0 Å². The van der Waals surface area contributed by atoms with Gasteiger partial charge in [0.2, 0.25) is 0 Å². The van der Waals surface area contributed by atoms with E-state index in [-0.39, 0.29) is 11.0 Å². The van der Waals surface area contributed by atoms with Crippen molar-refractivity contribution in [2.45, 2.75) is 51.7 Å². The predicted octanol–water partition coefficient (Wildman–Crippen LogP) is 4.03. The molecular weight excluding hydrogens is 300 g/mol. The van der Waals surface area contributed by atoms with Gasteiger partial charge in [0.1, 0.15) is 11.3 Å². The minimum atomic E-state index is -1.71. The summed E-state index contributed by atoms with van der Waals surface area (Å²) in [5.74, 6) is 0.451. The fourth-order valence-corrected chi connectivity index (χ4v) is 2.83. The van der Waals surface area contributed by atoms with Gasteiger partial charge in [-0.05, 0) is 30.6 Å². The summed E-state index contributed by atoms with van der Waals surface area (Å²) >= 11 is 0. The molecule has 0 spiro atoms. The zero-order valence-corrected chi connectivity index (χ0v) is 15.7. The summed E-state index contributed by atoms with van der Waals surface area (Å²) in [4.78, 5) is 11.6. The van der Waals surface area contributed by atoms with Gasteiger partial charge < -0.3 is 18.3 Å². The molecule has 22 heavy (non-hydrogen) atoms. The molecule has 0 aromatic carbocycles. The van der Waals surface area contributed by atoms with Crippen molar-refractivity contribution >= 4 is 14.3 Å². The Morgan fingerprint density at radius 3 is 2.41 bits per heavy atom. The maximum Gasteiger partial charge on any atom is 0.345 e. The maximum atomic E-state index is 11.6. The van der Waals surface area contributed by atoms with Crippen LogP contribution in [0.1, 0.15) is 43.3 Å². The Bertz CT molecular complexity index is 499. The highest BCUT2D eigenvalue weighted by Crippen LogP contribution is 2.36. The Labute approximate surface area is 134 Å². The highest BCUT2D eigenvalue weighted by Gasteiger charge is 2.36. The second-order valence-corrected chi connectivity index (χ2v) is 11.6. The minimum Gasteiger partial charge on any atom is -0.468 e. The van der Waals surface area contributed by atoms with E-state index in [2.05, 4.69) is 33.9 Å². The first kappa shape index (κ1) is 18.8. The summed E-state index contributed by atoms with van der Waals surface area (Å²) in [6.45, 7) is 11.8. The van der Waals surface area contributed by atoms with Crippen LogP contribution in [0.4, 0.5) is 0 Å². The van der Waals surface area contributed by atoms with Crippen molar-refractivity contribution in [2.24, 2.45) is 0 Å². The first-order valence-electron chi connectivity index (χ1n) is 7.51. The largest absolute Gasteiger partial charge is 0.468 e. The number of hydrogen-bond acceptors (Lipinski definition) is 5. The van der Waals surface area contributed by atoms with Gasteiger partial charge in [0.15, 0.2) is 8.32 Å². The van der Waals surface area contributed by atoms with Crippen LogP contribution in [0.5, 0.6) is 5.95 Å². The van der Waals surface area contributed by atoms with Gasteiger partial charge in [0.05, 0.1) is 14.2 Å². The lowest BCUT2D eigenvalue weighted by atomic mass is 10.2. The van der Waals surface area contributed by atoms with E-state index in [0.717, 1.165) is 6.42 Å². The van der Waals surface area contributed by atoms with Crippen molar-refractivity contribution in [3.8, 4) is 5.95 Å². The molecule has 0 aliphatic heterocycles. The maximum absolute atomic E-state index is 11.6. The Morgan fingerprint density at radius 1 is 1.27 bits per heavy atom. The first-order valence-corrected chi connectivity index (χ1v) is 10.4. The lowest BCUT2D eigenvalue weighted by Crippen LogP contribution is -2.41. The molecule has 0 amide bonds. The molecule has 126 valence electrons. The van der Waals surface area contributed by atoms with Crippen LogP contribution in [0, 0.1) is 0 Å². The minimum absolute atomic E-state index is 0.201. The predicted molar refractivity (Wildman–Crippen MR) is 88.1 cm³/mol. The molecule has 0 atom stereocenters. The second-order valence-electron chi connectivity index (χ2n) is 6.82. The third-order valence-corrected chi connectivity index (χ3v) is 8.71. The summed E-state index contributed by atoms with van der Waals surface area (Å²) in [5, 5.41) is 0.207. The van der Waals surface area contributed by atoms with Crippen LogP contribution in [0.25, 0.3) is 0 Å². The van der Waals surface area contributed by atoms with Crippen LogP contribution < -0.4 is 4.74 Å². The number of esters is 1. The smallest absolute Gasteiger partial charge is 0.345 e. The summed E-state index contributed by atoms with van der Waals surface area (Å²) in [6, 6.07) is 1.68. The highest BCUT2D eigenvalue weighted by atomic mass is 28.4. The summed E-state index contributed by atoms with van der Waals surface area (Å²) in [7, 11) is 1.09. The molecule has 6 heteroatoms. The number of aryl methyl sites for hydroxylation is 1. The first-order chi connectivity index (χ1) is 10.1. The van der Waals surface area contributed by atoms with Crippen molar-refractivity contribution in [1.29, 1.82) is 0 Å². The van der Waals surface area contributed by atoms with Crippen molar-refractivity contribution in [1.82, 2.24) is 0 Å². The fraction of sp³-hybridized carbons (Fsp3) is 0.688. The van der Waals surface area contributed by atoms with Gasteiger partial charge in [-0.2, -0.15) is 0 Å². The summed E-state index contributed by atoms with van der Waals surface area (Å²) in [6.07, 6.45) is 1.53. The van der Waals surface area contributed by atoms with E-state index in [1.165, 1.54) is 14.2 Å². The molecule has 0 bridgehead atoms. The van der Waals surface area contributed by atoms with E-state index in [0.29, 0.717) is 24.4 Å². The summed E-state index contributed by atoms with van der Waals surface area (Å²) < 4.78 is 21.4. The number of carbonyl (C=O) groups is 1. The van der Waals surface area contributed by atoms with Crippen LogP contribution in [0.15, 0.2) is 10.5 Å². The van der Waals surface area contributed by atoms with Crippen LogP contribution in [-0.4, -0.2) is 35.1 Å². The number of carbonyl (C=O) groups excluding carboxylic acids is 1. The van der Waals surface area contributed by atoms with Gasteiger partial charge in [-0.15, -0.1) is 0 Å². The molecule has 0 aliphatic rings. The van der Waals surface area contributed by atoms with Gasteiger partial charge in [0.25, 0.3) is 5.95 Å². The zero-order valence-electron chi connectivity index (χ0n) is 14.7. The average molecular weight is 328 g/mol. The Morgan fingerprint density at radius 2 is 1.91 bits per heavy atom. The number of hydrogen-bond donors (Lipinski definition) is 0. The Kier molecular flexibility index (Phi) is 6.25. The molecule has 0 saturated carbocycles. The lowest BCUT2D eigenvalue weighted by molar-refractivity contribution is 0.0594. The Balaban J connectivity index is 2.56. The van der Waals surface area contributed by atoms with E-state index in [4.69, 9.17) is 18.3 Å². The van der Waals surface area contributed by atoms with Gasteiger partial charge in [0, 0.05) is 13.0 Å². The molecule has 0 saturated heterocycles. The van der Waals surface area contributed by atoms with Crippen LogP contribution in [-0.2, 0) is 15.6 Å². The molecule has 1 aromatic heterocycles. The number of rotatable bonds is 7. The molecule has 5 nitrogen and oxygen atoms in total. The topological polar surface area (TPSA) is 57.9 Å². The quantitative estimate of drug-likeness (QED) is 0.430. The standard InChI is InChI=1S/C16H28O5Si/c1-16(2,3)22(6,7)20-10-8-9-12-11-13(14(17)18-4)15(19-5)21-12/h11H,8-10H2,1-7H3. The normalized spacial score (nSPS) is 12.3. The molecular formula is C16H28O5Si. The number of furan rings is 1. The third-order valence-electron chi connectivity index (χ3n) is 4.18. The third kappa shape index (κ3) is 4.61.